The number of aromatic nitrogens is 2. The second-order valence-corrected chi connectivity index (χ2v) is 4.80. The van der Waals surface area contributed by atoms with E-state index in [2.05, 4.69) is 22.0 Å². The highest BCUT2D eigenvalue weighted by atomic mass is 16.5. The molecule has 120 valence electrons. The van der Waals surface area contributed by atoms with Crippen molar-refractivity contribution in [3.05, 3.63) is 24.4 Å². The lowest BCUT2D eigenvalue weighted by atomic mass is 9.98. The van der Waals surface area contributed by atoms with Gasteiger partial charge in [0.15, 0.2) is 5.82 Å². The normalized spacial score (nSPS) is 20.5. The average Bonchev–Trinajstić information content (AvgIpc) is 3.12. The van der Waals surface area contributed by atoms with Crippen LogP contribution in [0.4, 0.5) is 4.79 Å². The minimum atomic E-state index is -0.954. The van der Waals surface area contributed by atoms with E-state index in [0.717, 1.165) is 0 Å². The highest BCUT2D eigenvalue weighted by Gasteiger charge is 2.43. The average molecular weight is 311 g/mol. The van der Waals surface area contributed by atoms with E-state index in [1.54, 1.807) is 0 Å². The third kappa shape index (κ3) is 3.82. The number of amides is 1. The van der Waals surface area contributed by atoms with Gasteiger partial charge < -0.3 is 24.4 Å². The van der Waals surface area contributed by atoms with Crippen LogP contribution < -0.4 is 5.32 Å². The van der Waals surface area contributed by atoms with Crippen molar-refractivity contribution in [1.29, 1.82) is 0 Å². The molecule has 0 saturated carbocycles. The number of carboxylic acids is 1. The molecule has 1 atom stereocenters. The van der Waals surface area contributed by atoms with Gasteiger partial charge in [-0.1, -0.05) is 17.8 Å². The summed E-state index contributed by atoms with van der Waals surface area (Å²) in [4.78, 5) is 26.5. The Morgan fingerprint density at radius 2 is 2.36 bits per heavy atom. The molecule has 2 heterocycles. The van der Waals surface area contributed by atoms with E-state index >= 15 is 0 Å². The van der Waals surface area contributed by atoms with Crippen LogP contribution in [0.3, 0.4) is 0 Å². The van der Waals surface area contributed by atoms with Crippen LogP contribution in [0.5, 0.6) is 0 Å². The van der Waals surface area contributed by atoms with E-state index in [0.29, 0.717) is 13.0 Å². The predicted octanol–water partition coefficient (Wildman–Crippen LogP) is 0.615. The summed E-state index contributed by atoms with van der Waals surface area (Å²) in [6.45, 7) is 4.16. The van der Waals surface area contributed by atoms with Crippen LogP contribution in [-0.2, 0) is 26.2 Å². The molecule has 1 unspecified atom stereocenters. The number of carboxylic acid groups (broad SMARTS) is 1. The van der Waals surface area contributed by atoms with Crippen LogP contribution in [0.1, 0.15) is 24.6 Å². The summed E-state index contributed by atoms with van der Waals surface area (Å²) in [6.07, 6.45) is 1.30. The summed E-state index contributed by atoms with van der Waals surface area (Å²) in [6, 6.07) is 0. The third-order valence-corrected chi connectivity index (χ3v) is 3.14. The molecule has 0 radical (unpaired) electrons. The molecule has 0 aliphatic carbocycles. The third-order valence-electron chi connectivity index (χ3n) is 3.14. The first-order valence-electron chi connectivity index (χ1n) is 6.74. The highest BCUT2D eigenvalue weighted by molar-refractivity contribution is 5.68. The zero-order chi connectivity index (χ0) is 16.0. The van der Waals surface area contributed by atoms with Gasteiger partial charge >= 0.3 is 12.1 Å². The van der Waals surface area contributed by atoms with E-state index in [1.807, 2.05) is 0 Å². The molecule has 1 aliphatic rings. The van der Waals surface area contributed by atoms with E-state index in [4.69, 9.17) is 19.1 Å². The fourth-order valence-electron chi connectivity index (χ4n) is 2.03. The van der Waals surface area contributed by atoms with Gasteiger partial charge in [0, 0.05) is 19.4 Å². The van der Waals surface area contributed by atoms with E-state index in [9.17, 15) is 9.59 Å². The molecule has 0 bridgehead atoms. The van der Waals surface area contributed by atoms with Gasteiger partial charge in [-0.3, -0.25) is 4.79 Å². The Bertz CT molecular complexity index is 550. The number of rotatable bonds is 7. The van der Waals surface area contributed by atoms with Crippen LogP contribution in [0.2, 0.25) is 0 Å². The van der Waals surface area contributed by atoms with Crippen molar-refractivity contribution in [1.82, 2.24) is 15.5 Å². The van der Waals surface area contributed by atoms with Gasteiger partial charge in [0.25, 0.3) is 0 Å². The summed E-state index contributed by atoms with van der Waals surface area (Å²) in [5.74, 6) is -0.504. The second kappa shape index (κ2) is 7.03. The number of aryl methyl sites for hydroxylation is 1. The molecule has 1 aromatic rings. The maximum Gasteiger partial charge on any atom is 0.408 e. The van der Waals surface area contributed by atoms with Crippen molar-refractivity contribution in [3.8, 4) is 0 Å². The van der Waals surface area contributed by atoms with Gasteiger partial charge in [-0.25, -0.2) is 4.79 Å². The van der Waals surface area contributed by atoms with Crippen molar-refractivity contribution >= 4 is 12.1 Å². The van der Waals surface area contributed by atoms with Crippen LogP contribution in [0.15, 0.2) is 17.2 Å². The fraction of sp³-hybridized carbons (Fsp3) is 0.538. The minimum Gasteiger partial charge on any atom is -0.481 e. The zero-order valence-corrected chi connectivity index (χ0v) is 11.9. The number of hydrogen-bond acceptors (Lipinski definition) is 7. The lowest BCUT2D eigenvalue weighted by molar-refractivity contribution is -0.137. The number of aliphatic carboxylic acids is 1. The van der Waals surface area contributed by atoms with Crippen LogP contribution in [-0.4, -0.2) is 47.1 Å². The van der Waals surface area contributed by atoms with E-state index < -0.39 is 17.6 Å². The Hall–Kier alpha value is -2.42. The summed E-state index contributed by atoms with van der Waals surface area (Å²) < 4.78 is 15.2. The molecule has 9 nitrogen and oxygen atoms in total. The van der Waals surface area contributed by atoms with Gasteiger partial charge in [-0.2, -0.15) is 4.98 Å². The lowest BCUT2D eigenvalue weighted by Crippen LogP contribution is -2.47. The monoisotopic (exact) mass is 311 g/mol. The summed E-state index contributed by atoms with van der Waals surface area (Å²) in [5, 5.41) is 15.2. The quantitative estimate of drug-likeness (QED) is 0.702. The zero-order valence-electron chi connectivity index (χ0n) is 11.9. The number of ether oxygens (including phenoxy) is 2. The largest absolute Gasteiger partial charge is 0.481 e. The molecule has 9 heteroatoms. The van der Waals surface area contributed by atoms with Crippen molar-refractivity contribution in [2.24, 2.45) is 0 Å². The minimum absolute atomic E-state index is 0.0822. The second-order valence-electron chi connectivity index (χ2n) is 4.80. The fourth-order valence-corrected chi connectivity index (χ4v) is 2.03. The summed E-state index contributed by atoms with van der Waals surface area (Å²) >= 11 is 0. The van der Waals surface area contributed by atoms with E-state index in [1.165, 1.54) is 6.08 Å². The Balaban J connectivity index is 2.08. The van der Waals surface area contributed by atoms with Gasteiger partial charge in [-0.15, -0.1) is 0 Å². The molecule has 1 fully saturated rings. The SMILES string of the molecule is C=CCOC(=O)NC1(c2noc(CCC(=O)O)n2)CCOC1. The molecule has 0 aromatic carbocycles. The first kappa shape index (κ1) is 16.0. The predicted molar refractivity (Wildman–Crippen MR) is 72.0 cm³/mol. The molecule has 2 N–H and O–H groups in total. The number of nitrogens with one attached hydrogen (secondary N) is 1. The molecular weight excluding hydrogens is 294 g/mol. The number of hydrogen-bond donors (Lipinski definition) is 2. The highest BCUT2D eigenvalue weighted by Crippen LogP contribution is 2.28. The molecule has 1 aliphatic heterocycles. The molecule has 1 aromatic heterocycles. The van der Waals surface area contributed by atoms with Crippen LogP contribution in [0.25, 0.3) is 0 Å². The molecule has 1 saturated heterocycles. The number of nitrogens with zero attached hydrogens (tertiary/aromatic N) is 2. The molecule has 1 amide bonds. The van der Waals surface area contributed by atoms with Crippen molar-refractivity contribution in [3.63, 3.8) is 0 Å². The molecule has 2 rings (SSSR count). The van der Waals surface area contributed by atoms with E-state index in [-0.39, 0.29) is 37.8 Å². The first-order chi connectivity index (χ1) is 10.6. The van der Waals surface area contributed by atoms with Gasteiger partial charge in [0.1, 0.15) is 12.1 Å². The van der Waals surface area contributed by atoms with Gasteiger partial charge in [0.2, 0.25) is 5.89 Å². The van der Waals surface area contributed by atoms with Crippen molar-refractivity contribution in [2.75, 3.05) is 19.8 Å². The molecule has 22 heavy (non-hydrogen) atoms. The van der Waals surface area contributed by atoms with Crippen LogP contribution >= 0.6 is 0 Å². The van der Waals surface area contributed by atoms with Crippen molar-refractivity contribution in [2.45, 2.75) is 24.8 Å². The smallest absolute Gasteiger partial charge is 0.408 e. The lowest BCUT2D eigenvalue weighted by Gasteiger charge is -2.24. The van der Waals surface area contributed by atoms with Gasteiger partial charge in [-0.05, 0) is 0 Å². The van der Waals surface area contributed by atoms with Gasteiger partial charge in [0.05, 0.1) is 13.0 Å². The Morgan fingerprint density at radius 1 is 1.55 bits per heavy atom. The standard InChI is InChI=1S/C13H17N3O6/c1-2-6-21-12(19)15-13(5-7-20-8-13)11-14-9(22-16-11)3-4-10(17)18/h2H,1,3-8H2,(H,15,19)(H,17,18). The Kier molecular flexibility index (Phi) is 5.10. The maximum absolute atomic E-state index is 11.8. The summed E-state index contributed by atoms with van der Waals surface area (Å²) in [7, 11) is 0. The molecular formula is C13H17N3O6. The topological polar surface area (TPSA) is 124 Å². The molecule has 0 spiro atoms. The Labute approximate surface area is 126 Å². The van der Waals surface area contributed by atoms with Crippen LogP contribution in [0, 0.1) is 0 Å². The first-order valence-corrected chi connectivity index (χ1v) is 6.74. The number of alkyl carbamates (subject to hydrolysis) is 1. The number of carbonyl (C=O) groups is 2. The number of carbonyl (C=O) groups excluding carboxylic acids is 1. The summed E-state index contributed by atoms with van der Waals surface area (Å²) in [5.41, 5.74) is -0.927. The van der Waals surface area contributed by atoms with Crippen molar-refractivity contribution < 1.29 is 28.7 Å². The Morgan fingerprint density at radius 3 is 3.00 bits per heavy atom. The maximum atomic E-state index is 11.8.